The van der Waals surface area contributed by atoms with Crippen LogP contribution in [0.25, 0.3) is 10.2 Å². The maximum Gasteiger partial charge on any atom is 0.321 e. The number of amides is 2. The van der Waals surface area contributed by atoms with Gasteiger partial charge in [-0.1, -0.05) is 22.6 Å². The van der Waals surface area contributed by atoms with Gasteiger partial charge >= 0.3 is 6.03 Å². The lowest BCUT2D eigenvalue weighted by Crippen LogP contribution is -2.30. The number of nitrogens with zero attached hydrogens (tertiary/aromatic N) is 4. The molecule has 30 heavy (non-hydrogen) atoms. The van der Waals surface area contributed by atoms with Gasteiger partial charge in [-0.3, -0.25) is 5.32 Å². The standard InChI is InChI=1S/C19H22FN7O2S/c1-19(2,10-20)16-25-15(27-29-16)5-6-21-17(28)26-18-24-13-4-3-11(7-14(13)30-18)12-8-22-23-9-12/h3-4,7-8,12,23H,5-6,9-10H2,1-2H3,(H2,21,24,26,28). The third kappa shape index (κ3) is 4.40. The summed E-state index contributed by atoms with van der Waals surface area (Å²) in [6, 6.07) is 5.68. The third-order valence-corrected chi connectivity index (χ3v) is 5.67. The monoisotopic (exact) mass is 431 g/mol. The van der Waals surface area contributed by atoms with E-state index in [0.717, 1.165) is 22.3 Å². The first kappa shape index (κ1) is 20.2. The molecule has 0 fully saturated rings. The van der Waals surface area contributed by atoms with Gasteiger partial charge in [0.1, 0.15) is 6.67 Å². The highest BCUT2D eigenvalue weighted by atomic mass is 32.1. The van der Waals surface area contributed by atoms with Gasteiger partial charge in [0.15, 0.2) is 11.0 Å². The van der Waals surface area contributed by atoms with E-state index in [0.29, 0.717) is 23.9 Å². The number of hydrazone groups is 1. The molecule has 0 radical (unpaired) electrons. The average Bonchev–Trinajstić information content (AvgIpc) is 3.47. The summed E-state index contributed by atoms with van der Waals surface area (Å²) in [5.74, 6) is 0.916. The second-order valence-corrected chi connectivity index (χ2v) is 8.69. The molecule has 1 aliphatic rings. The molecule has 1 unspecified atom stereocenters. The number of fused-ring (bicyclic) bond motifs is 1. The fraction of sp³-hybridized carbons (Fsp3) is 0.421. The molecule has 1 atom stereocenters. The Balaban J connectivity index is 1.30. The minimum Gasteiger partial charge on any atom is -0.339 e. The largest absolute Gasteiger partial charge is 0.339 e. The zero-order valence-electron chi connectivity index (χ0n) is 16.6. The second kappa shape index (κ2) is 8.34. The maximum atomic E-state index is 13.0. The van der Waals surface area contributed by atoms with Crippen LogP contribution < -0.4 is 16.1 Å². The molecule has 0 bridgehead atoms. The number of carbonyl (C=O) groups excluding carboxylic acids is 1. The summed E-state index contributed by atoms with van der Waals surface area (Å²) in [7, 11) is 0. The van der Waals surface area contributed by atoms with E-state index in [2.05, 4.69) is 42.4 Å². The van der Waals surface area contributed by atoms with Crippen LogP contribution in [0.4, 0.5) is 14.3 Å². The summed E-state index contributed by atoms with van der Waals surface area (Å²) in [6.45, 7) is 3.88. The Morgan fingerprint density at radius 2 is 2.27 bits per heavy atom. The Bertz CT molecular complexity index is 1080. The van der Waals surface area contributed by atoms with Crippen molar-refractivity contribution in [3.05, 3.63) is 35.5 Å². The van der Waals surface area contributed by atoms with Gasteiger partial charge < -0.3 is 15.3 Å². The summed E-state index contributed by atoms with van der Waals surface area (Å²) in [4.78, 5) is 20.8. The Morgan fingerprint density at radius 1 is 1.40 bits per heavy atom. The number of hydrogen-bond donors (Lipinski definition) is 3. The summed E-state index contributed by atoms with van der Waals surface area (Å²) in [6.07, 6.45) is 2.26. The van der Waals surface area contributed by atoms with Crippen LogP contribution in [-0.4, -0.2) is 47.1 Å². The minimum atomic E-state index is -0.816. The highest BCUT2D eigenvalue weighted by Gasteiger charge is 2.27. The van der Waals surface area contributed by atoms with Crippen molar-refractivity contribution in [1.29, 1.82) is 0 Å². The highest BCUT2D eigenvalue weighted by molar-refractivity contribution is 7.22. The van der Waals surface area contributed by atoms with Crippen molar-refractivity contribution in [2.24, 2.45) is 5.10 Å². The Morgan fingerprint density at radius 3 is 3.03 bits per heavy atom. The first-order chi connectivity index (χ1) is 14.4. The number of alkyl halides is 1. The molecule has 3 N–H and O–H groups in total. The van der Waals surface area contributed by atoms with Gasteiger partial charge in [-0.05, 0) is 31.5 Å². The molecule has 0 saturated carbocycles. The predicted molar refractivity (Wildman–Crippen MR) is 113 cm³/mol. The second-order valence-electron chi connectivity index (χ2n) is 7.66. The summed E-state index contributed by atoms with van der Waals surface area (Å²) >= 11 is 1.41. The lowest BCUT2D eigenvalue weighted by Gasteiger charge is -2.13. The van der Waals surface area contributed by atoms with Crippen LogP contribution in [0.3, 0.4) is 0 Å². The molecule has 4 rings (SSSR count). The number of thiazole rings is 1. The molecule has 0 saturated heterocycles. The smallest absolute Gasteiger partial charge is 0.321 e. The SMILES string of the molecule is CC(C)(CF)c1nc(CCNC(=O)Nc2nc3ccc(C4C=NNC4)cc3s2)no1. The number of benzene rings is 1. The van der Waals surface area contributed by atoms with Gasteiger partial charge in [0.05, 0.1) is 15.6 Å². The van der Waals surface area contributed by atoms with E-state index in [-0.39, 0.29) is 17.8 Å². The molecule has 158 valence electrons. The van der Waals surface area contributed by atoms with E-state index in [1.165, 1.54) is 11.3 Å². The van der Waals surface area contributed by atoms with Crippen LogP contribution in [0.2, 0.25) is 0 Å². The highest BCUT2D eigenvalue weighted by Crippen LogP contribution is 2.29. The number of aromatic nitrogens is 3. The molecule has 9 nitrogen and oxygen atoms in total. The Hall–Kier alpha value is -3.08. The van der Waals surface area contributed by atoms with Gasteiger partial charge in [0.25, 0.3) is 0 Å². The van der Waals surface area contributed by atoms with Gasteiger partial charge in [-0.2, -0.15) is 10.1 Å². The third-order valence-electron chi connectivity index (χ3n) is 4.73. The molecule has 3 aromatic rings. The number of rotatable bonds is 7. The molecule has 1 aliphatic heterocycles. The molecule has 1 aromatic carbocycles. The summed E-state index contributed by atoms with van der Waals surface area (Å²) < 4.78 is 19.1. The molecule has 0 aliphatic carbocycles. The summed E-state index contributed by atoms with van der Waals surface area (Å²) in [5.41, 5.74) is 4.13. The van der Waals surface area contributed by atoms with Gasteiger partial charge in [0, 0.05) is 31.6 Å². The van der Waals surface area contributed by atoms with Crippen LogP contribution in [0.5, 0.6) is 0 Å². The van der Waals surface area contributed by atoms with E-state index in [9.17, 15) is 9.18 Å². The predicted octanol–water partition coefficient (Wildman–Crippen LogP) is 2.96. The number of carbonyl (C=O) groups is 1. The first-order valence-corrected chi connectivity index (χ1v) is 10.4. The lowest BCUT2D eigenvalue weighted by molar-refractivity contribution is 0.252. The molecule has 3 heterocycles. The van der Waals surface area contributed by atoms with Crippen LogP contribution >= 0.6 is 11.3 Å². The molecule has 2 amide bonds. The van der Waals surface area contributed by atoms with Crippen molar-refractivity contribution in [1.82, 2.24) is 25.9 Å². The van der Waals surface area contributed by atoms with Crippen molar-refractivity contribution >= 4 is 38.9 Å². The maximum absolute atomic E-state index is 13.0. The first-order valence-electron chi connectivity index (χ1n) is 9.55. The van der Waals surface area contributed by atoms with Crippen LogP contribution in [-0.2, 0) is 11.8 Å². The quantitative estimate of drug-likeness (QED) is 0.529. The van der Waals surface area contributed by atoms with Gasteiger partial charge in [0.2, 0.25) is 5.89 Å². The van der Waals surface area contributed by atoms with Gasteiger partial charge in [-0.15, -0.1) is 0 Å². The van der Waals surface area contributed by atoms with Crippen molar-refractivity contribution in [3.63, 3.8) is 0 Å². The van der Waals surface area contributed by atoms with E-state index in [1.54, 1.807) is 13.8 Å². The molecule has 11 heteroatoms. The number of anilines is 1. The minimum absolute atomic E-state index is 0.248. The van der Waals surface area contributed by atoms with E-state index >= 15 is 0 Å². The number of urea groups is 1. The van der Waals surface area contributed by atoms with Crippen molar-refractivity contribution in [3.8, 4) is 0 Å². The molecular weight excluding hydrogens is 409 g/mol. The van der Waals surface area contributed by atoms with E-state index in [1.807, 2.05) is 18.3 Å². The number of halogens is 1. The van der Waals surface area contributed by atoms with Crippen LogP contribution in [0, 0.1) is 0 Å². The molecule has 2 aromatic heterocycles. The van der Waals surface area contributed by atoms with Crippen molar-refractivity contribution in [2.75, 3.05) is 25.1 Å². The Kier molecular flexibility index (Phi) is 5.62. The summed E-state index contributed by atoms with van der Waals surface area (Å²) in [5, 5.41) is 13.9. The normalized spacial score (nSPS) is 16.0. The van der Waals surface area contributed by atoms with Crippen LogP contribution in [0.15, 0.2) is 27.8 Å². The number of hydrogen-bond acceptors (Lipinski definition) is 8. The topological polar surface area (TPSA) is 117 Å². The zero-order chi connectivity index (χ0) is 21.1. The van der Waals surface area contributed by atoms with Gasteiger partial charge in [-0.25, -0.2) is 14.2 Å². The Labute approximate surface area is 176 Å². The van der Waals surface area contributed by atoms with Crippen molar-refractivity contribution in [2.45, 2.75) is 31.6 Å². The number of nitrogens with one attached hydrogen (secondary N) is 3. The fourth-order valence-corrected chi connectivity index (χ4v) is 3.80. The van der Waals surface area contributed by atoms with Crippen molar-refractivity contribution < 1.29 is 13.7 Å². The lowest BCUT2D eigenvalue weighted by atomic mass is 9.96. The molecular formula is C19H22FN7O2S. The molecule has 0 spiro atoms. The average molecular weight is 431 g/mol. The van der Waals surface area contributed by atoms with E-state index < -0.39 is 12.1 Å². The fourth-order valence-electron chi connectivity index (χ4n) is 2.89. The zero-order valence-corrected chi connectivity index (χ0v) is 17.4. The van der Waals surface area contributed by atoms with E-state index in [4.69, 9.17) is 4.52 Å². The van der Waals surface area contributed by atoms with Crippen LogP contribution in [0.1, 0.15) is 37.0 Å².